The van der Waals surface area contributed by atoms with E-state index < -0.39 is 12.0 Å². The van der Waals surface area contributed by atoms with Gasteiger partial charge in [-0.3, -0.25) is 4.79 Å². The minimum Gasteiger partial charge on any atom is -0.480 e. The van der Waals surface area contributed by atoms with Gasteiger partial charge in [-0.05, 0) is 12.8 Å². The Morgan fingerprint density at radius 2 is 2.29 bits per heavy atom. The molecule has 6 heteroatoms. The lowest BCUT2D eigenvalue weighted by atomic mass is 10.1. The van der Waals surface area contributed by atoms with E-state index in [1.807, 2.05) is 20.8 Å². The van der Waals surface area contributed by atoms with E-state index in [2.05, 4.69) is 4.98 Å². The van der Waals surface area contributed by atoms with Gasteiger partial charge in [0.1, 0.15) is 17.2 Å². The van der Waals surface area contributed by atoms with Crippen LogP contribution in [0.3, 0.4) is 0 Å². The molecule has 0 aromatic carbocycles. The number of nitrogens with zero attached hydrogens (tertiary/aromatic N) is 1. The Kier molecular flexibility index (Phi) is 5.04. The first kappa shape index (κ1) is 14.1. The van der Waals surface area contributed by atoms with E-state index in [0.29, 0.717) is 12.3 Å². The molecule has 0 saturated heterocycles. The van der Waals surface area contributed by atoms with E-state index in [-0.39, 0.29) is 12.0 Å². The molecule has 0 aliphatic heterocycles. The number of carbonyl (C=O) groups is 1. The first-order chi connectivity index (χ1) is 7.97. The van der Waals surface area contributed by atoms with E-state index in [0.717, 1.165) is 5.01 Å². The van der Waals surface area contributed by atoms with Crippen LogP contribution >= 0.6 is 11.3 Å². The van der Waals surface area contributed by atoms with E-state index >= 15 is 0 Å². The molecule has 0 aliphatic carbocycles. The monoisotopic (exact) mass is 258 g/mol. The van der Waals surface area contributed by atoms with Gasteiger partial charge in [0.15, 0.2) is 0 Å². The van der Waals surface area contributed by atoms with Gasteiger partial charge >= 0.3 is 5.97 Å². The van der Waals surface area contributed by atoms with Crippen LogP contribution in [0.4, 0.5) is 0 Å². The zero-order valence-electron chi connectivity index (χ0n) is 10.2. The number of ether oxygens (including phenoxy) is 1. The maximum Gasteiger partial charge on any atom is 0.326 e. The highest BCUT2D eigenvalue weighted by Gasteiger charge is 2.23. The molecule has 5 nitrogen and oxygen atoms in total. The first-order valence-electron chi connectivity index (χ1n) is 5.52. The smallest absolute Gasteiger partial charge is 0.326 e. The highest BCUT2D eigenvalue weighted by molar-refractivity contribution is 7.09. The number of aromatic nitrogens is 1. The van der Waals surface area contributed by atoms with Gasteiger partial charge in [-0.2, -0.15) is 0 Å². The Hall–Kier alpha value is -0.980. The summed E-state index contributed by atoms with van der Waals surface area (Å²) in [5.74, 6) is -0.783. The SMILES string of the molecule is CCOC(c1nc(C(N)C(=O)O)cs1)C(C)C. The Morgan fingerprint density at radius 1 is 1.65 bits per heavy atom. The summed E-state index contributed by atoms with van der Waals surface area (Å²) in [4.78, 5) is 15.0. The third-order valence-corrected chi connectivity index (χ3v) is 3.24. The molecule has 0 aliphatic rings. The van der Waals surface area contributed by atoms with Gasteiger partial charge in [0.05, 0.1) is 5.69 Å². The molecule has 1 aromatic heterocycles. The van der Waals surface area contributed by atoms with E-state index in [1.165, 1.54) is 11.3 Å². The van der Waals surface area contributed by atoms with Gasteiger partial charge in [-0.25, -0.2) is 4.98 Å². The standard InChI is InChI=1S/C11H18N2O3S/c1-4-16-9(6(2)3)10-13-7(5-17-10)8(12)11(14)15/h5-6,8-9H,4,12H2,1-3H3,(H,14,15). The maximum absolute atomic E-state index is 10.7. The van der Waals surface area contributed by atoms with Crippen molar-refractivity contribution >= 4 is 17.3 Å². The summed E-state index contributed by atoms with van der Waals surface area (Å²) in [6, 6.07) is -1.06. The van der Waals surface area contributed by atoms with Crippen molar-refractivity contribution in [2.75, 3.05) is 6.61 Å². The van der Waals surface area contributed by atoms with Gasteiger partial charge in [0, 0.05) is 12.0 Å². The van der Waals surface area contributed by atoms with Crippen LogP contribution in [0.15, 0.2) is 5.38 Å². The molecule has 0 spiro atoms. The van der Waals surface area contributed by atoms with Crippen LogP contribution in [0.5, 0.6) is 0 Å². The minimum atomic E-state index is -1.07. The largest absolute Gasteiger partial charge is 0.480 e. The Balaban J connectivity index is 2.88. The molecular formula is C11H18N2O3S. The molecule has 0 amide bonds. The highest BCUT2D eigenvalue weighted by Crippen LogP contribution is 2.29. The molecule has 1 heterocycles. The van der Waals surface area contributed by atoms with Crippen molar-refractivity contribution in [3.05, 3.63) is 16.1 Å². The summed E-state index contributed by atoms with van der Waals surface area (Å²) in [6.45, 7) is 6.60. The number of thiazole rings is 1. The summed E-state index contributed by atoms with van der Waals surface area (Å²) < 4.78 is 5.60. The van der Waals surface area contributed by atoms with Crippen LogP contribution in [-0.2, 0) is 9.53 Å². The fraction of sp³-hybridized carbons (Fsp3) is 0.636. The van der Waals surface area contributed by atoms with Crippen molar-refractivity contribution in [1.82, 2.24) is 4.98 Å². The Bertz CT molecular complexity index is 379. The van der Waals surface area contributed by atoms with Crippen molar-refractivity contribution in [2.45, 2.75) is 32.9 Å². The number of rotatable bonds is 6. The maximum atomic E-state index is 10.7. The molecule has 3 N–H and O–H groups in total. The molecule has 96 valence electrons. The van der Waals surface area contributed by atoms with E-state index in [1.54, 1.807) is 5.38 Å². The molecule has 1 rings (SSSR count). The van der Waals surface area contributed by atoms with Crippen LogP contribution in [0.2, 0.25) is 0 Å². The number of nitrogens with two attached hydrogens (primary N) is 1. The summed E-state index contributed by atoms with van der Waals surface area (Å²) in [5.41, 5.74) is 5.90. The lowest BCUT2D eigenvalue weighted by molar-refractivity contribution is -0.138. The topological polar surface area (TPSA) is 85.4 Å². The third-order valence-electron chi connectivity index (χ3n) is 2.32. The van der Waals surface area contributed by atoms with Crippen LogP contribution < -0.4 is 5.73 Å². The normalized spacial score (nSPS) is 14.9. The quantitative estimate of drug-likeness (QED) is 0.814. The second kappa shape index (κ2) is 6.09. The van der Waals surface area contributed by atoms with Crippen LogP contribution in [-0.4, -0.2) is 22.7 Å². The molecule has 17 heavy (non-hydrogen) atoms. The molecule has 0 fully saturated rings. The lowest BCUT2D eigenvalue weighted by Gasteiger charge is -2.18. The van der Waals surface area contributed by atoms with Crippen LogP contribution in [0, 0.1) is 5.92 Å². The zero-order chi connectivity index (χ0) is 13.0. The predicted molar refractivity (Wildman–Crippen MR) is 65.9 cm³/mol. The number of aliphatic carboxylic acids is 1. The molecular weight excluding hydrogens is 240 g/mol. The van der Waals surface area contributed by atoms with Crippen LogP contribution in [0.25, 0.3) is 0 Å². The molecule has 0 saturated carbocycles. The van der Waals surface area contributed by atoms with Gasteiger partial charge in [-0.1, -0.05) is 13.8 Å². The van der Waals surface area contributed by atoms with Gasteiger partial charge in [0.2, 0.25) is 0 Å². The highest BCUT2D eigenvalue weighted by atomic mass is 32.1. The van der Waals surface area contributed by atoms with Crippen molar-refractivity contribution < 1.29 is 14.6 Å². The van der Waals surface area contributed by atoms with Gasteiger partial charge in [-0.15, -0.1) is 11.3 Å². The molecule has 0 bridgehead atoms. The van der Waals surface area contributed by atoms with E-state index in [4.69, 9.17) is 15.6 Å². The first-order valence-corrected chi connectivity index (χ1v) is 6.40. The Morgan fingerprint density at radius 3 is 2.76 bits per heavy atom. The van der Waals surface area contributed by atoms with Gasteiger partial charge in [0.25, 0.3) is 0 Å². The minimum absolute atomic E-state index is 0.0975. The number of carboxylic acids is 1. The van der Waals surface area contributed by atoms with Crippen molar-refractivity contribution in [2.24, 2.45) is 11.7 Å². The summed E-state index contributed by atoms with van der Waals surface area (Å²) in [5, 5.41) is 11.3. The van der Waals surface area contributed by atoms with Gasteiger partial charge < -0.3 is 15.6 Å². The molecule has 0 radical (unpaired) electrons. The van der Waals surface area contributed by atoms with Crippen molar-refractivity contribution in [3.63, 3.8) is 0 Å². The number of carboxylic acid groups (broad SMARTS) is 1. The summed E-state index contributed by atoms with van der Waals surface area (Å²) >= 11 is 1.39. The second-order valence-electron chi connectivity index (χ2n) is 4.05. The fourth-order valence-electron chi connectivity index (χ4n) is 1.43. The summed E-state index contributed by atoms with van der Waals surface area (Å²) in [6.07, 6.45) is -0.0975. The van der Waals surface area contributed by atoms with Crippen LogP contribution in [0.1, 0.15) is 43.6 Å². The Labute approximate surface area is 105 Å². The average Bonchev–Trinajstić information content (AvgIpc) is 2.73. The fourth-order valence-corrected chi connectivity index (χ4v) is 2.50. The average molecular weight is 258 g/mol. The second-order valence-corrected chi connectivity index (χ2v) is 4.94. The predicted octanol–water partition coefficient (Wildman–Crippen LogP) is 1.96. The molecule has 1 aromatic rings. The summed E-state index contributed by atoms with van der Waals surface area (Å²) in [7, 11) is 0. The molecule has 2 unspecified atom stereocenters. The zero-order valence-corrected chi connectivity index (χ0v) is 11.0. The molecule has 2 atom stereocenters. The van der Waals surface area contributed by atoms with Crippen molar-refractivity contribution in [3.8, 4) is 0 Å². The van der Waals surface area contributed by atoms with E-state index in [9.17, 15) is 4.79 Å². The number of hydrogen-bond acceptors (Lipinski definition) is 5. The van der Waals surface area contributed by atoms with Crippen molar-refractivity contribution in [1.29, 1.82) is 0 Å². The third kappa shape index (κ3) is 3.49. The number of hydrogen-bond donors (Lipinski definition) is 2. The lowest BCUT2D eigenvalue weighted by Crippen LogP contribution is -2.21.